The number of para-hydroxylation sites is 1. The summed E-state index contributed by atoms with van der Waals surface area (Å²) >= 11 is 0. The van der Waals surface area contributed by atoms with Gasteiger partial charge in [0.2, 0.25) is 0 Å². The fourth-order valence-corrected chi connectivity index (χ4v) is 4.75. The first-order chi connectivity index (χ1) is 19.6. The van der Waals surface area contributed by atoms with Crippen LogP contribution in [0.1, 0.15) is 23.1 Å². The Morgan fingerprint density at radius 3 is 2.12 bits per heavy atom. The van der Waals surface area contributed by atoms with Crippen LogP contribution in [0.4, 0.5) is 0 Å². The first-order valence-electron chi connectivity index (χ1n) is 13.4. The summed E-state index contributed by atoms with van der Waals surface area (Å²) in [5, 5.41) is 3.90. The molecule has 0 radical (unpaired) electrons. The van der Waals surface area contributed by atoms with Gasteiger partial charge in [-0.15, -0.1) is 0 Å². The van der Waals surface area contributed by atoms with E-state index in [0.29, 0.717) is 42.8 Å². The summed E-state index contributed by atoms with van der Waals surface area (Å²) in [6, 6.07) is 32.8. The van der Waals surface area contributed by atoms with E-state index >= 15 is 0 Å². The Labute approximate surface area is 233 Å². The highest BCUT2D eigenvalue weighted by Gasteiger charge is 2.17. The number of aryl methyl sites for hydroxylation is 1. The van der Waals surface area contributed by atoms with Crippen molar-refractivity contribution in [1.82, 2.24) is 14.5 Å². The minimum atomic E-state index is -0.355. The van der Waals surface area contributed by atoms with Crippen LogP contribution in [0.2, 0.25) is 0 Å². The van der Waals surface area contributed by atoms with Gasteiger partial charge in [-0.1, -0.05) is 78.9 Å². The molecule has 1 aromatic heterocycles. The van der Waals surface area contributed by atoms with Crippen LogP contribution in [0.15, 0.2) is 113 Å². The molecule has 0 atom stereocenters. The van der Waals surface area contributed by atoms with E-state index in [-0.39, 0.29) is 17.8 Å². The van der Waals surface area contributed by atoms with Crippen LogP contribution < -0.4 is 26.0 Å². The highest BCUT2D eigenvalue weighted by Crippen LogP contribution is 2.24. The van der Waals surface area contributed by atoms with Crippen molar-refractivity contribution < 1.29 is 9.47 Å². The number of fused-ring (bicyclic) bond motifs is 1. The second kappa shape index (κ2) is 13.0. The molecule has 7 heteroatoms. The molecular formula is C33H33N3O4. The lowest BCUT2D eigenvalue weighted by Crippen LogP contribution is -2.40. The molecule has 1 N–H and O–H groups in total. The van der Waals surface area contributed by atoms with Crippen molar-refractivity contribution >= 4 is 10.9 Å². The predicted molar refractivity (Wildman–Crippen MR) is 158 cm³/mol. The molecule has 204 valence electrons. The van der Waals surface area contributed by atoms with E-state index < -0.39 is 0 Å². The number of rotatable bonds is 12. The van der Waals surface area contributed by atoms with Crippen LogP contribution in [0.3, 0.4) is 0 Å². The molecule has 0 amide bonds. The fourth-order valence-electron chi connectivity index (χ4n) is 4.75. The number of hydrogen-bond acceptors (Lipinski definition) is 5. The summed E-state index contributed by atoms with van der Waals surface area (Å²) in [6.07, 6.45) is 0.704. The Morgan fingerprint density at radius 1 is 0.725 bits per heavy atom. The largest absolute Gasteiger partial charge is 0.497 e. The molecule has 0 spiro atoms. The quantitative estimate of drug-likeness (QED) is 0.228. The molecule has 0 saturated heterocycles. The van der Waals surface area contributed by atoms with Gasteiger partial charge in [0.25, 0.3) is 5.56 Å². The number of nitrogens with zero attached hydrogens (tertiary/aromatic N) is 2. The van der Waals surface area contributed by atoms with Crippen molar-refractivity contribution in [2.75, 3.05) is 13.7 Å². The molecule has 5 rings (SSSR count). The van der Waals surface area contributed by atoms with E-state index in [1.54, 1.807) is 23.8 Å². The van der Waals surface area contributed by atoms with E-state index in [4.69, 9.17) is 9.47 Å². The normalized spacial score (nSPS) is 11.0. The van der Waals surface area contributed by atoms with Crippen LogP contribution >= 0.6 is 0 Å². The van der Waals surface area contributed by atoms with Gasteiger partial charge in [-0.3, -0.25) is 13.9 Å². The van der Waals surface area contributed by atoms with Gasteiger partial charge in [0.05, 0.1) is 19.0 Å². The molecule has 0 aliphatic rings. The molecule has 7 nitrogen and oxygen atoms in total. The number of nitrogens with one attached hydrogen (secondary N) is 1. The number of methoxy groups -OCH3 is 1. The van der Waals surface area contributed by atoms with Gasteiger partial charge in [-0.05, 0) is 53.9 Å². The maximum absolute atomic E-state index is 13.9. The summed E-state index contributed by atoms with van der Waals surface area (Å²) < 4.78 is 14.4. The highest BCUT2D eigenvalue weighted by molar-refractivity contribution is 5.84. The average molecular weight is 536 g/mol. The maximum Gasteiger partial charge on any atom is 0.331 e. The van der Waals surface area contributed by atoms with Gasteiger partial charge in [0.1, 0.15) is 23.6 Å². The third-order valence-electron chi connectivity index (χ3n) is 6.85. The van der Waals surface area contributed by atoms with Crippen LogP contribution in [-0.2, 0) is 26.2 Å². The molecule has 1 heterocycles. The molecule has 0 fully saturated rings. The van der Waals surface area contributed by atoms with Gasteiger partial charge >= 0.3 is 5.69 Å². The standard InChI is InChI=1S/C33H33N3O4/c1-39-28-18-16-26(17-19-28)23-36-32(37)29-14-8-15-30(40-24-27-12-6-3-7-13-27)31(29)35(33(36)38)21-9-20-34-22-25-10-4-2-5-11-25/h2-8,10-19,34H,9,20-24H2,1H3. The van der Waals surface area contributed by atoms with Crippen molar-refractivity contribution in [2.45, 2.75) is 32.7 Å². The molecule has 0 saturated carbocycles. The van der Waals surface area contributed by atoms with Crippen molar-refractivity contribution in [1.29, 1.82) is 0 Å². The SMILES string of the molecule is COc1ccc(Cn2c(=O)c3cccc(OCc4ccccc4)c3n(CCCNCc3ccccc3)c2=O)cc1. The summed E-state index contributed by atoms with van der Waals surface area (Å²) in [7, 11) is 1.60. The number of ether oxygens (including phenoxy) is 2. The molecule has 40 heavy (non-hydrogen) atoms. The predicted octanol–water partition coefficient (Wildman–Crippen LogP) is 4.98. The minimum Gasteiger partial charge on any atom is -0.497 e. The van der Waals surface area contributed by atoms with Crippen molar-refractivity contribution in [2.24, 2.45) is 0 Å². The first-order valence-corrected chi connectivity index (χ1v) is 13.4. The average Bonchev–Trinajstić information content (AvgIpc) is 3.01. The Morgan fingerprint density at radius 2 is 1.43 bits per heavy atom. The Bertz CT molecular complexity index is 1660. The van der Waals surface area contributed by atoms with E-state index in [9.17, 15) is 9.59 Å². The maximum atomic E-state index is 13.9. The molecule has 0 aliphatic heterocycles. The lowest BCUT2D eigenvalue weighted by molar-refractivity contribution is 0.308. The Balaban J connectivity index is 1.46. The third kappa shape index (κ3) is 6.33. The van der Waals surface area contributed by atoms with Crippen molar-refractivity contribution in [3.05, 3.63) is 141 Å². The third-order valence-corrected chi connectivity index (χ3v) is 6.85. The van der Waals surface area contributed by atoms with Crippen LogP contribution in [0.25, 0.3) is 10.9 Å². The zero-order chi connectivity index (χ0) is 27.7. The number of benzene rings is 4. The Kier molecular flexibility index (Phi) is 8.73. The Hall–Kier alpha value is -4.62. The highest BCUT2D eigenvalue weighted by atomic mass is 16.5. The van der Waals surface area contributed by atoms with Crippen molar-refractivity contribution in [3.8, 4) is 11.5 Å². The molecule has 0 bridgehead atoms. The topological polar surface area (TPSA) is 74.5 Å². The van der Waals surface area contributed by atoms with Gasteiger partial charge in [-0.2, -0.15) is 0 Å². The fraction of sp³-hybridized carbons (Fsp3) is 0.212. The number of hydrogen-bond donors (Lipinski definition) is 1. The molecule has 5 aromatic rings. The van der Waals surface area contributed by atoms with E-state index in [2.05, 4.69) is 17.4 Å². The van der Waals surface area contributed by atoms with Crippen LogP contribution in [0.5, 0.6) is 11.5 Å². The smallest absolute Gasteiger partial charge is 0.331 e. The summed E-state index contributed by atoms with van der Waals surface area (Å²) in [6.45, 7) is 2.40. The molecule has 0 aliphatic carbocycles. The van der Waals surface area contributed by atoms with E-state index in [0.717, 1.165) is 23.4 Å². The van der Waals surface area contributed by atoms with Crippen molar-refractivity contribution in [3.63, 3.8) is 0 Å². The summed E-state index contributed by atoms with van der Waals surface area (Å²) in [4.78, 5) is 27.5. The van der Waals surface area contributed by atoms with Gasteiger partial charge < -0.3 is 14.8 Å². The zero-order valence-corrected chi connectivity index (χ0v) is 22.6. The van der Waals surface area contributed by atoms with Crippen LogP contribution in [-0.4, -0.2) is 22.8 Å². The minimum absolute atomic E-state index is 0.166. The lowest BCUT2D eigenvalue weighted by Gasteiger charge is -2.17. The second-order valence-corrected chi connectivity index (χ2v) is 9.62. The van der Waals surface area contributed by atoms with E-state index in [1.165, 1.54) is 10.1 Å². The van der Waals surface area contributed by atoms with Gasteiger partial charge in [-0.25, -0.2) is 4.79 Å². The monoisotopic (exact) mass is 535 g/mol. The first kappa shape index (κ1) is 27.0. The van der Waals surface area contributed by atoms with Crippen LogP contribution in [0, 0.1) is 0 Å². The molecule has 0 unspecified atom stereocenters. The summed E-state index contributed by atoms with van der Waals surface area (Å²) in [5.41, 5.74) is 2.89. The lowest BCUT2D eigenvalue weighted by atomic mass is 10.2. The van der Waals surface area contributed by atoms with Gasteiger partial charge in [0.15, 0.2) is 0 Å². The summed E-state index contributed by atoms with van der Waals surface area (Å²) in [5.74, 6) is 1.24. The molecule has 4 aromatic carbocycles. The van der Waals surface area contributed by atoms with E-state index in [1.807, 2.05) is 78.9 Å². The zero-order valence-electron chi connectivity index (χ0n) is 22.6. The van der Waals surface area contributed by atoms with Gasteiger partial charge in [0, 0.05) is 13.1 Å². The second-order valence-electron chi connectivity index (χ2n) is 9.62. The number of aromatic nitrogens is 2. The molecular weight excluding hydrogens is 502 g/mol.